The van der Waals surface area contributed by atoms with Crippen LogP contribution >= 0.6 is 11.8 Å². The molecule has 1 atom stereocenters. The molecule has 0 radical (unpaired) electrons. The Morgan fingerprint density at radius 2 is 1.96 bits per heavy atom. The van der Waals surface area contributed by atoms with Crippen LogP contribution in [0.15, 0.2) is 53.4 Å². The quantitative estimate of drug-likeness (QED) is 0.476. The van der Waals surface area contributed by atoms with E-state index in [1.165, 1.54) is 18.9 Å². The van der Waals surface area contributed by atoms with E-state index >= 15 is 0 Å². The molecule has 0 aromatic heterocycles. The number of carbonyl (C=O) groups is 2. The molecule has 126 valence electrons. The van der Waals surface area contributed by atoms with Crippen molar-refractivity contribution in [1.82, 2.24) is 0 Å². The Hall–Kier alpha value is -2.47. The summed E-state index contributed by atoms with van der Waals surface area (Å²) in [6, 6.07) is 14.2. The Morgan fingerprint density at radius 1 is 1.21 bits per heavy atom. The monoisotopic (exact) mass is 344 g/mol. The lowest BCUT2D eigenvalue weighted by Crippen LogP contribution is -2.25. The first-order valence-corrected chi connectivity index (χ1v) is 8.43. The first-order valence-electron chi connectivity index (χ1n) is 7.55. The van der Waals surface area contributed by atoms with Gasteiger partial charge in [-0.15, -0.1) is 11.8 Å². The first-order chi connectivity index (χ1) is 11.5. The zero-order valence-electron chi connectivity index (χ0n) is 13.6. The van der Waals surface area contributed by atoms with Crippen molar-refractivity contribution in [3.63, 3.8) is 0 Å². The maximum absolute atomic E-state index is 12.6. The number of thioether (sulfide) groups is 1. The van der Waals surface area contributed by atoms with Crippen LogP contribution < -0.4 is 11.1 Å². The molecule has 6 heteroatoms. The van der Waals surface area contributed by atoms with E-state index in [2.05, 4.69) is 5.32 Å². The number of para-hydroxylation sites is 1. The maximum Gasteiger partial charge on any atom is 0.339 e. The third kappa shape index (κ3) is 4.52. The van der Waals surface area contributed by atoms with Gasteiger partial charge in [0.05, 0.1) is 23.6 Å². The van der Waals surface area contributed by atoms with Crippen LogP contribution in [0, 0.1) is 0 Å². The normalized spacial score (nSPS) is 11.6. The van der Waals surface area contributed by atoms with E-state index in [-0.39, 0.29) is 11.2 Å². The number of carbonyl (C=O) groups excluding carboxylic acids is 2. The average molecular weight is 344 g/mol. The molecule has 24 heavy (non-hydrogen) atoms. The van der Waals surface area contributed by atoms with Crippen molar-refractivity contribution in [2.45, 2.75) is 23.5 Å². The molecule has 3 N–H and O–H groups in total. The summed E-state index contributed by atoms with van der Waals surface area (Å²) in [4.78, 5) is 25.3. The second-order valence-electron chi connectivity index (χ2n) is 5.11. The summed E-state index contributed by atoms with van der Waals surface area (Å²) in [5.74, 6) is -0.649. The fourth-order valence-corrected chi connectivity index (χ4v) is 3.19. The van der Waals surface area contributed by atoms with Crippen LogP contribution in [0.3, 0.4) is 0 Å². The molecule has 0 saturated carbocycles. The molecular formula is C18H20N2O3S. The van der Waals surface area contributed by atoms with Crippen LogP contribution in [0.5, 0.6) is 0 Å². The van der Waals surface area contributed by atoms with Crippen LogP contribution in [-0.2, 0) is 9.53 Å². The summed E-state index contributed by atoms with van der Waals surface area (Å²) >= 11 is 1.44. The molecule has 1 amide bonds. The fraction of sp³-hybridized carbons (Fsp3) is 0.222. The number of anilines is 2. The van der Waals surface area contributed by atoms with Crippen molar-refractivity contribution in [2.75, 3.05) is 18.2 Å². The summed E-state index contributed by atoms with van der Waals surface area (Å²) in [7, 11) is 1.31. The van der Waals surface area contributed by atoms with Gasteiger partial charge in [0, 0.05) is 10.6 Å². The van der Waals surface area contributed by atoms with Crippen molar-refractivity contribution in [3.05, 3.63) is 54.1 Å². The molecule has 0 saturated heterocycles. The number of ether oxygens (including phenoxy) is 1. The van der Waals surface area contributed by atoms with Crippen molar-refractivity contribution < 1.29 is 14.3 Å². The molecular weight excluding hydrogens is 324 g/mol. The molecule has 0 bridgehead atoms. The molecule has 0 fully saturated rings. The Labute approximate surface area is 145 Å². The Bertz CT molecular complexity index is 734. The highest BCUT2D eigenvalue weighted by Gasteiger charge is 2.20. The predicted molar refractivity (Wildman–Crippen MR) is 97.2 cm³/mol. The number of methoxy groups -OCH3 is 1. The number of nitrogen functional groups attached to an aromatic ring is 1. The minimum atomic E-state index is -0.484. The van der Waals surface area contributed by atoms with Gasteiger partial charge >= 0.3 is 5.97 Å². The number of rotatable bonds is 6. The largest absolute Gasteiger partial charge is 0.465 e. The molecule has 0 aliphatic carbocycles. The SMILES string of the molecule is CCC(Sc1cccc(N)c1)C(=O)Nc1ccccc1C(=O)OC. The molecule has 5 nitrogen and oxygen atoms in total. The summed E-state index contributed by atoms with van der Waals surface area (Å²) in [5, 5.41) is 2.53. The molecule has 0 aliphatic heterocycles. The van der Waals surface area contributed by atoms with E-state index in [9.17, 15) is 9.59 Å². The van der Waals surface area contributed by atoms with Gasteiger partial charge in [-0.3, -0.25) is 4.79 Å². The van der Waals surface area contributed by atoms with Crippen LogP contribution in [0.4, 0.5) is 11.4 Å². The number of hydrogen-bond donors (Lipinski definition) is 2. The molecule has 2 rings (SSSR count). The van der Waals surface area contributed by atoms with Gasteiger partial charge < -0.3 is 15.8 Å². The lowest BCUT2D eigenvalue weighted by molar-refractivity contribution is -0.115. The summed E-state index contributed by atoms with van der Waals surface area (Å²) in [5.41, 5.74) is 7.21. The summed E-state index contributed by atoms with van der Waals surface area (Å²) in [6.07, 6.45) is 0.645. The van der Waals surface area contributed by atoms with E-state index in [1.54, 1.807) is 30.3 Å². The molecule has 1 unspecified atom stereocenters. The summed E-state index contributed by atoms with van der Waals surface area (Å²) < 4.78 is 4.74. The zero-order chi connectivity index (χ0) is 17.5. The third-order valence-electron chi connectivity index (χ3n) is 3.39. The lowest BCUT2D eigenvalue weighted by Gasteiger charge is -2.16. The van der Waals surface area contributed by atoms with Crippen LogP contribution in [0.25, 0.3) is 0 Å². The molecule has 2 aromatic rings. The van der Waals surface area contributed by atoms with Crippen LogP contribution in [0.1, 0.15) is 23.7 Å². The predicted octanol–water partition coefficient (Wildman–Crippen LogP) is 3.56. The second kappa shape index (κ2) is 8.40. The van der Waals surface area contributed by atoms with E-state index in [4.69, 9.17) is 10.5 Å². The maximum atomic E-state index is 12.6. The lowest BCUT2D eigenvalue weighted by atomic mass is 10.1. The minimum absolute atomic E-state index is 0.165. The number of amides is 1. The number of benzene rings is 2. The van der Waals surface area contributed by atoms with E-state index in [0.717, 1.165) is 4.90 Å². The highest BCUT2D eigenvalue weighted by molar-refractivity contribution is 8.00. The van der Waals surface area contributed by atoms with Gasteiger partial charge in [-0.1, -0.05) is 25.1 Å². The molecule has 0 spiro atoms. The molecule has 0 aliphatic rings. The van der Waals surface area contributed by atoms with Gasteiger partial charge in [-0.2, -0.15) is 0 Å². The van der Waals surface area contributed by atoms with Crippen LogP contribution in [0.2, 0.25) is 0 Å². The first kappa shape index (κ1) is 17.9. The standard InChI is InChI=1S/C18H20N2O3S/c1-3-16(24-13-8-6-7-12(19)11-13)17(21)20-15-10-5-4-9-14(15)18(22)23-2/h4-11,16H,3,19H2,1-2H3,(H,20,21). The van der Waals surface area contributed by atoms with Crippen molar-refractivity contribution in [1.29, 1.82) is 0 Å². The second-order valence-corrected chi connectivity index (χ2v) is 6.39. The van der Waals surface area contributed by atoms with Gasteiger partial charge in [0.1, 0.15) is 0 Å². The molecule has 0 heterocycles. The zero-order valence-corrected chi connectivity index (χ0v) is 14.4. The van der Waals surface area contributed by atoms with Gasteiger partial charge in [-0.25, -0.2) is 4.79 Å². The van der Waals surface area contributed by atoms with Gasteiger partial charge in [0.25, 0.3) is 0 Å². The Morgan fingerprint density at radius 3 is 2.62 bits per heavy atom. The summed E-state index contributed by atoms with van der Waals surface area (Å²) in [6.45, 7) is 1.94. The smallest absolute Gasteiger partial charge is 0.339 e. The topological polar surface area (TPSA) is 81.4 Å². The van der Waals surface area contributed by atoms with Gasteiger partial charge in [0.2, 0.25) is 5.91 Å². The average Bonchev–Trinajstić information content (AvgIpc) is 2.59. The van der Waals surface area contributed by atoms with Gasteiger partial charge in [0.15, 0.2) is 0 Å². The van der Waals surface area contributed by atoms with E-state index in [1.807, 2.05) is 25.1 Å². The highest BCUT2D eigenvalue weighted by atomic mass is 32.2. The van der Waals surface area contributed by atoms with E-state index in [0.29, 0.717) is 23.4 Å². The third-order valence-corrected chi connectivity index (χ3v) is 4.75. The number of hydrogen-bond acceptors (Lipinski definition) is 5. The highest BCUT2D eigenvalue weighted by Crippen LogP contribution is 2.28. The number of nitrogens with one attached hydrogen (secondary N) is 1. The van der Waals surface area contributed by atoms with Gasteiger partial charge in [-0.05, 0) is 36.8 Å². The molecule has 2 aromatic carbocycles. The number of esters is 1. The fourth-order valence-electron chi connectivity index (χ4n) is 2.17. The minimum Gasteiger partial charge on any atom is -0.465 e. The Kier molecular flexibility index (Phi) is 6.26. The van der Waals surface area contributed by atoms with Crippen molar-refractivity contribution >= 4 is 35.0 Å². The number of nitrogens with two attached hydrogens (primary N) is 1. The van der Waals surface area contributed by atoms with Crippen molar-refractivity contribution in [3.8, 4) is 0 Å². The van der Waals surface area contributed by atoms with Crippen LogP contribution in [-0.4, -0.2) is 24.2 Å². The van der Waals surface area contributed by atoms with Crippen molar-refractivity contribution in [2.24, 2.45) is 0 Å². The Balaban J connectivity index is 2.14. The van der Waals surface area contributed by atoms with E-state index < -0.39 is 5.97 Å².